The summed E-state index contributed by atoms with van der Waals surface area (Å²) in [5.41, 5.74) is 6.38. The van der Waals surface area contributed by atoms with Crippen molar-refractivity contribution in [2.24, 2.45) is 0 Å². The van der Waals surface area contributed by atoms with Crippen molar-refractivity contribution in [2.45, 2.75) is 0 Å². The van der Waals surface area contributed by atoms with E-state index in [1.807, 2.05) is 18.2 Å². The molecule has 51 heavy (non-hydrogen) atoms. The van der Waals surface area contributed by atoms with E-state index < -0.39 is 0 Å². The summed E-state index contributed by atoms with van der Waals surface area (Å²) >= 11 is 1.79. The van der Waals surface area contributed by atoms with Gasteiger partial charge in [0, 0.05) is 31.8 Å². The molecule has 0 unspecified atom stereocenters. The van der Waals surface area contributed by atoms with Gasteiger partial charge in [0.2, 0.25) is 0 Å². The van der Waals surface area contributed by atoms with Gasteiger partial charge in [-0.2, -0.15) is 0 Å². The zero-order chi connectivity index (χ0) is 33.7. The van der Waals surface area contributed by atoms with Crippen LogP contribution < -0.4 is 0 Å². The van der Waals surface area contributed by atoms with Gasteiger partial charge in [-0.3, -0.25) is 0 Å². The van der Waals surface area contributed by atoms with E-state index in [-0.39, 0.29) is 0 Å². The van der Waals surface area contributed by atoms with Gasteiger partial charge in [-0.1, -0.05) is 158 Å². The number of thiophene rings is 1. The Morgan fingerprint density at radius 2 is 0.922 bits per heavy atom. The van der Waals surface area contributed by atoms with E-state index >= 15 is 0 Å². The first-order chi connectivity index (χ1) is 25.3. The molecule has 0 saturated heterocycles. The van der Waals surface area contributed by atoms with E-state index in [4.69, 9.17) is 15.0 Å². The van der Waals surface area contributed by atoms with E-state index in [9.17, 15) is 0 Å². The van der Waals surface area contributed by atoms with Crippen LogP contribution in [0.1, 0.15) is 0 Å². The highest BCUT2D eigenvalue weighted by Gasteiger charge is 2.18. The number of aromatic nitrogens is 3. The highest BCUT2D eigenvalue weighted by atomic mass is 32.1. The van der Waals surface area contributed by atoms with Gasteiger partial charge in [0.1, 0.15) is 0 Å². The second kappa shape index (κ2) is 12.1. The van der Waals surface area contributed by atoms with Crippen LogP contribution in [-0.2, 0) is 0 Å². The molecule has 2 aromatic heterocycles. The minimum Gasteiger partial charge on any atom is -0.208 e. The number of hydrogen-bond acceptors (Lipinski definition) is 4. The van der Waals surface area contributed by atoms with Crippen LogP contribution in [0, 0.1) is 0 Å². The largest absolute Gasteiger partial charge is 0.208 e. The van der Waals surface area contributed by atoms with Crippen LogP contribution in [0.4, 0.5) is 0 Å². The molecule has 0 amide bonds. The molecule has 10 aromatic rings. The van der Waals surface area contributed by atoms with Gasteiger partial charge in [-0.05, 0) is 67.0 Å². The third-order valence-corrected chi connectivity index (χ3v) is 10.9. The molecular weight excluding hydrogens is 639 g/mol. The predicted molar refractivity (Wildman–Crippen MR) is 215 cm³/mol. The SMILES string of the molecule is c1ccc(-c2nc(-c3ccc(-c4c5ccccc5cc5c4ccc4ccccc45)cc3)nc(-c3ccccc3-c3cc4ccccc4s3)n2)cc1. The molecule has 0 aliphatic rings. The van der Waals surface area contributed by atoms with Crippen LogP contribution in [-0.4, -0.2) is 15.0 Å². The third kappa shape index (κ3) is 5.16. The molecule has 10 rings (SSSR count). The van der Waals surface area contributed by atoms with E-state index in [1.54, 1.807) is 11.3 Å². The molecule has 3 nitrogen and oxygen atoms in total. The van der Waals surface area contributed by atoms with Gasteiger partial charge in [0.15, 0.2) is 17.5 Å². The summed E-state index contributed by atoms with van der Waals surface area (Å²) in [6.07, 6.45) is 0. The van der Waals surface area contributed by atoms with Gasteiger partial charge in [-0.25, -0.2) is 15.0 Å². The number of nitrogens with zero attached hydrogens (tertiary/aromatic N) is 3. The number of rotatable bonds is 5. The van der Waals surface area contributed by atoms with Crippen molar-refractivity contribution in [3.8, 4) is 55.7 Å². The zero-order valence-corrected chi connectivity index (χ0v) is 28.3. The van der Waals surface area contributed by atoms with Crippen molar-refractivity contribution in [1.29, 1.82) is 0 Å². The lowest BCUT2D eigenvalue weighted by Crippen LogP contribution is -2.01. The predicted octanol–water partition coefficient (Wildman–Crippen LogP) is 12.9. The molecule has 0 atom stereocenters. The molecule has 0 fully saturated rings. The fraction of sp³-hybridized carbons (Fsp3) is 0. The Balaban J connectivity index is 1.13. The molecule has 0 radical (unpaired) electrons. The van der Waals surface area contributed by atoms with E-state index in [0.717, 1.165) is 27.8 Å². The van der Waals surface area contributed by atoms with Crippen molar-refractivity contribution in [3.63, 3.8) is 0 Å². The quantitative estimate of drug-likeness (QED) is 0.135. The van der Waals surface area contributed by atoms with Gasteiger partial charge in [0.05, 0.1) is 0 Å². The average Bonchev–Trinajstić information content (AvgIpc) is 3.65. The summed E-state index contributed by atoms with van der Waals surface area (Å²) in [6.45, 7) is 0. The monoisotopic (exact) mass is 667 g/mol. The lowest BCUT2D eigenvalue weighted by molar-refractivity contribution is 1.07. The lowest BCUT2D eigenvalue weighted by atomic mass is 9.89. The second-order valence-corrected chi connectivity index (χ2v) is 13.9. The molecule has 238 valence electrons. The molecule has 2 heterocycles. The molecule has 0 N–H and O–H groups in total. The van der Waals surface area contributed by atoms with Crippen molar-refractivity contribution >= 4 is 53.7 Å². The van der Waals surface area contributed by atoms with Crippen molar-refractivity contribution in [3.05, 3.63) is 176 Å². The summed E-state index contributed by atoms with van der Waals surface area (Å²) < 4.78 is 1.26. The fourth-order valence-corrected chi connectivity index (χ4v) is 8.37. The maximum Gasteiger partial charge on any atom is 0.164 e. The summed E-state index contributed by atoms with van der Waals surface area (Å²) in [7, 11) is 0. The number of hydrogen-bond donors (Lipinski definition) is 0. The minimum absolute atomic E-state index is 0.644. The van der Waals surface area contributed by atoms with E-state index in [1.165, 1.54) is 52.8 Å². The lowest BCUT2D eigenvalue weighted by Gasteiger charge is -2.15. The van der Waals surface area contributed by atoms with Crippen LogP contribution in [0.25, 0.3) is 98.1 Å². The Morgan fingerprint density at radius 3 is 1.71 bits per heavy atom. The first-order valence-electron chi connectivity index (χ1n) is 17.1. The Morgan fingerprint density at radius 1 is 0.333 bits per heavy atom. The van der Waals surface area contributed by atoms with Crippen molar-refractivity contribution < 1.29 is 0 Å². The van der Waals surface area contributed by atoms with E-state index in [0.29, 0.717) is 17.5 Å². The van der Waals surface area contributed by atoms with Gasteiger partial charge in [0.25, 0.3) is 0 Å². The summed E-state index contributed by atoms with van der Waals surface area (Å²) in [4.78, 5) is 16.5. The molecule has 0 saturated carbocycles. The maximum absolute atomic E-state index is 5.16. The first kappa shape index (κ1) is 29.4. The molecule has 8 aromatic carbocycles. The summed E-state index contributed by atoms with van der Waals surface area (Å²) in [6, 6.07) is 62.3. The Labute approximate surface area is 299 Å². The molecule has 0 aliphatic carbocycles. The van der Waals surface area contributed by atoms with Gasteiger partial charge in [-0.15, -0.1) is 11.3 Å². The number of benzene rings is 8. The normalized spacial score (nSPS) is 11.5. The smallest absolute Gasteiger partial charge is 0.164 e. The Bertz CT molecular complexity index is 2880. The van der Waals surface area contributed by atoms with Crippen molar-refractivity contribution in [1.82, 2.24) is 15.0 Å². The van der Waals surface area contributed by atoms with Crippen LogP contribution in [0.5, 0.6) is 0 Å². The summed E-state index contributed by atoms with van der Waals surface area (Å²) in [5.74, 6) is 1.95. The minimum atomic E-state index is 0.644. The van der Waals surface area contributed by atoms with Crippen LogP contribution in [0.2, 0.25) is 0 Å². The van der Waals surface area contributed by atoms with Crippen LogP contribution in [0.3, 0.4) is 0 Å². The third-order valence-electron chi connectivity index (χ3n) is 9.73. The van der Waals surface area contributed by atoms with Crippen molar-refractivity contribution in [2.75, 3.05) is 0 Å². The Hall–Kier alpha value is -6.49. The van der Waals surface area contributed by atoms with Gasteiger partial charge >= 0.3 is 0 Å². The second-order valence-electron chi connectivity index (χ2n) is 12.8. The molecule has 0 bridgehead atoms. The molecule has 0 aliphatic heterocycles. The highest BCUT2D eigenvalue weighted by molar-refractivity contribution is 7.22. The zero-order valence-electron chi connectivity index (χ0n) is 27.5. The highest BCUT2D eigenvalue weighted by Crippen LogP contribution is 2.41. The fourth-order valence-electron chi connectivity index (χ4n) is 7.27. The van der Waals surface area contributed by atoms with Gasteiger partial charge < -0.3 is 0 Å². The first-order valence-corrected chi connectivity index (χ1v) is 17.9. The standard InChI is InChI=1S/C47H29N3S/c1-2-13-32(14-3-1)45-48-46(50-47(49-45)40-20-10-9-19-38(40)43-29-35-16-6-11-21-42(35)51-43)33-24-22-31(23-25-33)44-37-18-8-5-15-34(37)28-41-36-17-7-4-12-30(36)26-27-39(41)44/h1-29H. The summed E-state index contributed by atoms with van der Waals surface area (Å²) in [5, 5.41) is 8.72. The molecular formula is C47H29N3S. The number of fused-ring (bicyclic) bond motifs is 5. The van der Waals surface area contributed by atoms with Crippen LogP contribution in [0.15, 0.2) is 176 Å². The molecule has 4 heteroatoms. The topological polar surface area (TPSA) is 38.7 Å². The Kier molecular flexibility index (Phi) is 7.00. The molecule has 0 spiro atoms. The van der Waals surface area contributed by atoms with Crippen LogP contribution >= 0.6 is 11.3 Å². The maximum atomic E-state index is 5.16. The van der Waals surface area contributed by atoms with E-state index in [2.05, 4.69) is 158 Å². The average molecular weight is 668 g/mol.